The number of nitrogens with two attached hydrogens (primary N) is 2. The van der Waals surface area contributed by atoms with Gasteiger partial charge in [-0.1, -0.05) is 22.0 Å². The molecule has 0 spiro atoms. The normalized spacial score (nSPS) is 10.5. The SMILES string of the molecule is NCc1c(Br)cccc1-n1ccnc1C(N)=O. The topological polar surface area (TPSA) is 86.9 Å². The molecule has 1 amide bonds. The molecule has 0 radical (unpaired) electrons. The Hall–Kier alpha value is -1.66. The second-order valence-corrected chi connectivity index (χ2v) is 4.28. The zero-order valence-corrected chi connectivity index (χ0v) is 10.5. The van der Waals surface area contributed by atoms with Crippen molar-refractivity contribution in [2.75, 3.05) is 0 Å². The molecular formula is C11H11BrN4O. The first-order valence-corrected chi connectivity index (χ1v) is 5.75. The van der Waals surface area contributed by atoms with Crippen LogP contribution in [-0.2, 0) is 6.54 Å². The van der Waals surface area contributed by atoms with Crippen molar-refractivity contribution in [3.05, 3.63) is 46.5 Å². The molecule has 4 N–H and O–H groups in total. The van der Waals surface area contributed by atoms with Crippen molar-refractivity contribution < 1.29 is 4.79 Å². The van der Waals surface area contributed by atoms with Crippen LogP contribution in [0.1, 0.15) is 16.2 Å². The monoisotopic (exact) mass is 294 g/mol. The molecule has 0 unspecified atom stereocenters. The quantitative estimate of drug-likeness (QED) is 0.891. The van der Waals surface area contributed by atoms with Crippen LogP contribution in [0.4, 0.5) is 0 Å². The van der Waals surface area contributed by atoms with Gasteiger partial charge in [-0.2, -0.15) is 0 Å². The van der Waals surface area contributed by atoms with E-state index in [0.717, 1.165) is 15.7 Å². The Balaban J connectivity index is 2.64. The second kappa shape index (κ2) is 4.68. The average Bonchev–Trinajstić information content (AvgIpc) is 2.77. The molecule has 0 aliphatic heterocycles. The number of carbonyl (C=O) groups is 1. The fourth-order valence-corrected chi connectivity index (χ4v) is 2.17. The largest absolute Gasteiger partial charge is 0.363 e. The van der Waals surface area contributed by atoms with Crippen molar-refractivity contribution in [3.63, 3.8) is 0 Å². The highest BCUT2D eigenvalue weighted by molar-refractivity contribution is 9.10. The zero-order chi connectivity index (χ0) is 12.4. The molecule has 0 fully saturated rings. The number of rotatable bonds is 3. The number of benzene rings is 1. The van der Waals surface area contributed by atoms with E-state index in [9.17, 15) is 4.79 Å². The van der Waals surface area contributed by atoms with Crippen molar-refractivity contribution in [3.8, 4) is 5.69 Å². The van der Waals surface area contributed by atoms with Crippen molar-refractivity contribution >= 4 is 21.8 Å². The van der Waals surface area contributed by atoms with Crippen molar-refractivity contribution in [2.45, 2.75) is 6.54 Å². The predicted octanol–water partition coefficient (Wildman–Crippen LogP) is 1.19. The van der Waals surface area contributed by atoms with E-state index in [1.54, 1.807) is 10.8 Å². The van der Waals surface area contributed by atoms with E-state index in [1.807, 2.05) is 18.2 Å². The van der Waals surface area contributed by atoms with Crippen LogP contribution in [-0.4, -0.2) is 15.5 Å². The number of hydrogen-bond acceptors (Lipinski definition) is 3. The summed E-state index contributed by atoms with van der Waals surface area (Å²) in [5.74, 6) is -0.379. The summed E-state index contributed by atoms with van der Waals surface area (Å²) < 4.78 is 2.52. The van der Waals surface area contributed by atoms with Crippen molar-refractivity contribution in [1.82, 2.24) is 9.55 Å². The van der Waals surface area contributed by atoms with E-state index in [1.165, 1.54) is 6.20 Å². The van der Waals surface area contributed by atoms with Crippen LogP contribution in [0, 0.1) is 0 Å². The van der Waals surface area contributed by atoms with Crippen molar-refractivity contribution in [2.24, 2.45) is 11.5 Å². The summed E-state index contributed by atoms with van der Waals surface area (Å²) in [6.45, 7) is 0.354. The molecule has 0 saturated carbocycles. The molecule has 2 aromatic rings. The Kier molecular flexibility index (Phi) is 3.26. The number of imidazole rings is 1. The molecule has 88 valence electrons. The number of nitrogens with zero attached hydrogens (tertiary/aromatic N) is 2. The summed E-state index contributed by atoms with van der Waals surface area (Å²) in [4.78, 5) is 15.2. The van der Waals surface area contributed by atoms with Gasteiger partial charge in [-0.3, -0.25) is 9.36 Å². The van der Waals surface area contributed by atoms with Gasteiger partial charge in [-0.05, 0) is 12.1 Å². The predicted molar refractivity (Wildman–Crippen MR) is 67.7 cm³/mol. The molecule has 6 heteroatoms. The number of halogens is 1. The molecule has 0 bridgehead atoms. The van der Waals surface area contributed by atoms with E-state index in [2.05, 4.69) is 20.9 Å². The summed E-state index contributed by atoms with van der Waals surface area (Å²) in [5, 5.41) is 0. The maximum atomic E-state index is 11.2. The number of aromatic nitrogens is 2. The minimum absolute atomic E-state index is 0.192. The van der Waals surface area contributed by atoms with E-state index in [0.29, 0.717) is 6.54 Å². The first kappa shape index (κ1) is 11.8. The van der Waals surface area contributed by atoms with E-state index >= 15 is 0 Å². The van der Waals surface area contributed by atoms with Crippen LogP contribution in [0.3, 0.4) is 0 Å². The third kappa shape index (κ3) is 2.09. The molecule has 5 nitrogen and oxygen atoms in total. The molecule has 0 aliphatic carbocycles. The lowest BCUT2D eigenvalue weighted by molar-refractivity contribution is 0.0989. The van der Waals surface area contributed by atoms with Gasteiger partial charge in [0.25, 0.3) is 5.91 Å². The third-order valence-corrected chi connectivity index (χ3v) is 3.16. The summed E-state index contributed by atoms with van der Waals surface area (Å²) in [6.07, 6.45) is 3.21. The van der Waals surface area contributed by atoms with E-state index < -0.39 is 5.91 Å². The van der Waals surface area contributed by atoms with Gasteiger partial charge in [0.15, 0.2) is 0 Å². The van der Waals surface area contributed by atoms with Gasteiger partial charge in [-0.15, -0.1) is 0 Å². The number of carbonyl (C=O) groups excluding carboxylic acids is 1. The van der Waals surface area contributed by atoms with Crippen LogP contribution in [0.5, 0.6) is 0 Å². The summed E-state index contributed by atoms with van der Waals surface area (Å²) in [7, 11) is 0. The lowest BCUT2D eigenvalue weighted by Gasteiger charge is -2.12. The summed E-state index contributed by atoms with van der Waals surface area (Å²) in [6, 6.07) is 5.62. The molecule has 0 aliphatic rings. The second-order valence-electron chi connectivity index (χ2n) is 3.43. The smallest absolute Gasteiger partial charge is 0.285 e. The van der Waals surface area contributed by atoms with Crippen LogP contribution < -0.4 is 11.5 Å². The fourth-order valence-electron chi connectivity index (χ4n) is 1.66. The molecule has 17 heavy (non-hydrogen) atoms. The molecule has 1 aromatic heterocycles. The van der Waals surface area contributed by atoms with Gasteiger partial charge in [0.1, 0.15) is 0 Å². The Morgan fingerprint density at radius 3 is 2.88 bits per heavy atom. The number of amides is 1. The fraction of sp³-hybridized carbons (Fsp3) is 0.0909. The number of primary amides is 1. The van der Waals surface area contributed by atoms with Gasteiger partial charge < -0.3 is 11.5 Å². The molecular weight excluding hydrogens is 284 g/mol. The van der Waals surface area contributed by atoms with Gasteiger partial charge in [0.05, 0.1) is 5.69 Å². The maximum Gasteiger partial charge on any atom is 0.285 e. The first-order chi connectivity index (χ1) is 8.15. The first-order valence-electron chi connectivity index (χ1n) is 4.96. The van der Waals surface area contributed by atoms with Gasteiger partial charge in [0, 0.05) is 29.0 Å². The third-order valence-electron chi connectivity index (χ3n) is 2.42. The highest BCUT2D eigenvalue weighted by Crippen LogP contribution is 2.24. The average molecular weight is 295 g/mol. The molecule has 0 atom stereocenters. The van der Waals surface area contributed by atoms with E-state index in [4.69, 9.17) is 11.5 Å². The van der Waals surface area contributed by atoms with E-state index in [-0.39, 0.29) is 5.82 Å². The Labute approximate surface area is 107 Å². The molecule has 1 heterocycles. The van der Waals surface area contributed by atoms with Crippen molar-refractivity contribution in [1.29, 1.82) is 0 Å². The molecule has 2 rings (SSSR count). The van der Waals surface area contributed by atoms with Crippen LogP contribution in [0.15, 0.2) is 35.1 Å². The standard InChI is InChI=1S/C11H11BrN4O/c12-8-2-1-3-9(7(8)6-13)16-5-4-15-11(16)10(14)17/h1-5H,6,13H2,(H2,14,17). The zero-order valence-electron chi connectivity index (χ0n) is 8.93. The highest BCUT2D eigenvalue weighted by Gasteiger charge is 2.13. The van der Waals surface area contributed by atoms with Gasteiger partial charge in [0.2, 0.25) is 5.82 Å². The summed E-state index contributed by atoms with van der Waals surface area (Å²) >= 11 is 3.42. The Morgan fingerprint density at radius 2 is 2.24 bits per heavy atom. The molecule has 1 aromatic carbocycles. The maximum absolute atomic E-state index is 11.2. The highest BCUT2D eigenvalue weighted by atomic mass is 79.9. The number of hydrogen-bond donors (Lipinski definition) is 2. The van der Waals surface area contributed by atoms with Gasteiger partial charge in [-0.25, -0.2) is 4.98 Å². The Bertz CT molecular complexity index is 564. The van der Waals surface area contributed by atoms with Crippen LogP contribution >= 0.6 is 15.9 Å². The van der Waals surface area contributed by atoms with Crippen LogP contribution in [0.2, 0.25) is 0 Å². The van der Waals surface area contributed by atoms with Gasteiger partial charge >= 0.3 is 0 Å². The lowest BCUT2D eigenvalue weighted by atomic mass is 10.1. The molecule has 0 saturated heterocycles. The lowest BCUT2D eigenvalue weighted by Crippen LogP contribution is -2.18. The Morgan fingerprint density at radius 1 is 1.47 bits per heavy atom. The summed E-state index contributed by atoms with van der Waals surface area (Å²) in [5.41, 5.74) is 12.7. The van der Waals surface area contributed by atoms with Crippen LogP contribution in [0.25, 0.3) is 5.69 Å². The minimum atomic E-state index is -0.571. The minimum Gasteiger partial charge on any atom is -0.363 e.